The van der Waals surface area contributed by atoms with Gasteiger partial charge in [-0.15, -0.1) is 0 Å². The van der Waals surface area contributed by atoms with Crippen LogP contribution in [0.3, 0.4) is 0 Å². The average Bonchev–Trinajstić information content (AvgIpc) is 2.40. The zero-order valence-electron chi connectivity index (χ0n) is 9.70. The minimum Gasteiger partial charge on any atom is -0.295 e. The van der Waals surface area contributed by atoms with Crippen LogP contribution in [0.4, 0.5) is 0 Å². The van der Waals surface area contributed by atoms with Crippen LogP contribution in [-0.4, -0.2) is 19.2 Å². The Hall–Kier alpha value is -2.01. The number of nitrogens with zero attached hydrogens (tertiary/aromatic N) is 1. The first-order valence-corrected chi connectivity index (χ1v) is 6.76. The van der Waals surface area contributed by atoms with Gasteiger partial charge in [0.1, 0.15) is 0 Å². The molecular weight excluding hydrogens is 250 g/mol. The highest BCUT2D eigenvalue weighted by Gasteiger charge is 2.17. The van der Waals surface area contributed by atoms with E-state index in [1.807, 2.05) is 0 Å². The molecule has 0 radical (unpaired) electrons. The predicted molar refractivity (Wildman–Crippen MR) is 66.1 cm³/mol. The molecule has 0 fully saturated rings. The highest BCUT2D eigenvalue weighted by molar-refractivity contribution is 7.91. The molecule has 0 aliphatic rings. The summed E-state index contributed by atoms with van der Waals surface area (Å²) in [4.78, 5) is 15.2. The van der Waals surface area contributed by atoms with Crippen molar-refractivity contribution in [2.45, 2.75) is 16.7 Å². The van der Waals surface area contributed by atoms with Crippen LogP contribution in [0, 0.1) is 0 Å². The number of pyridine rings is 1. The Morgan fingerprint density at radius 1 is 1.06 bits per heavy atom. The molecule has 1 aromatic heterocycles. The van der Waals surface area contributed by atoms with Gasteiger partial charge in [0.05, 0.1) is 9.79 Å². The predicted octanol–water partition coefficient (Wildman–Crippen LogP) is 2.12. The first-order chi connectivity index (χ1) is 8.51. The lowest BCUT2D eigenvalue weighted by Gasteiger charge is -2.04. The molecule has 5 heteroatoms. The van der Waals surface area contributed by atoms with E-state index >= 15 is 0 Å². The highest BCUT2D eigenvalue weighted by atomic mass is 32.2. The maximum absolute atomic E-state index is 12.2. The minimum atomic E-state index is -3.56. The van der Waals surface area contributed by atoms with E-state index < -0.39 is 9.84 Å². The van der Waals surface area contributed by atoms with Crippen molar-refractivity contribution in [2.75, 3.05) is 0 Å². The summed E-state index contributed by atoms with van der Waals surface area (Å²) < 4.78 is 24.4. The van der Waals surface area contributed by atoms with Crippen LogP contribution >= 0.6 is 0 Å². The zero-order valence-corrected chi connectivity index (χ0v) is 10.5. The Balaban J connectivity index is 2.46. The molecule has 2 rings (SSSR count). The molecule has 0 spiro atoms. The largest absolute Gasteiger partial charge is 0.295 e. The van der Waals surface area contributed by atoms with Crippen LogP contribution in [0.2, 0.25) is 0 Å². The van der Waals surface area contributed by atoms with Crippen LogP contribution in [0.5, 0.6) is 0 Å². The molecule has 4 nitrogen and oxygen atoms in total. The fourth-order valence-electron chi connectivity index (χ4n) is 1.51. The van der Waals surface area contributed by atoms with E-state index in [4.69, 9.17) is 0 Å². The monoisotopic (exact) mass is 261 g/mol. The summed E-state index contributed by atoms with van der Waals surface area (Å²) in [6.07, 6.45) is 2.81. The van der Waals surface area contributed by atoms with Gasteiger partial charge < -0.3 is 0 Å². The Labute approximate surface area is 105 Å². The van der Waals surface area contributed by atoms with Gasteiger partial charge in [-0.25, -0.2) is 8.42 Å². The number of ketones is 1. The first kappa shape index (κ1) is 12.4. The number of rotatable bonds is 3. The van der Waals surface area contributed by atoms with Crippen molar-refractivity contribution < 1.29 is 13.2 Å². The number of hydrogen-bond donors (Lipinski definition) is 0. The molecule has 0 N–H and O–H groups in total. The molecular formula is C13H11NO3S. The Bertz CT molecular complexity index is 661. The summed E-state index contributed by atoms with van der Waals surface area (Å²) in [6.45, 7) is 1.44. The molecule has 92 valence electrons. The summed E-state index contributed by atoms with van der Waals surface area (Å²) in [5, 5.41) is 0. The lowest BCUT2D eigenvalue weighted by Crippen LogP contribution is -2.03. The molecule has 0 aliphatic heterocycles. The third kappa shape index (κ3) is 2.31. The SMILES string of the molecule is CC(=O)c1ccc(S(=O)(=O)c2cccnc2)cc1. The molecule has 0 saturated carbocycles. The van der Waals surface area contributed by atoms with Gasteiger partial charge in [0.15, 0.2) is 5.78 Å². The van der Waals surface area contributed by atoms with Crippen LogP contribution < -0.4 is 0 Å². The molecule has 0 bridgehead atoms. The Kier molecular flexibility index (Phi) is 3.25. The maximum atomic E-state index is 12.2. The first-order valence-electron chi connectivity index (χ1n) is 5.28. The number of sulfone groups is 1. The third-order valence-corrected chi connectivity index (χ3v) is 4.27. The number of Topliss-reactive ketones (excluding diaryl/α,β-unsaturated/α-hetero) is 1. The quantitative estimate of drug-likeness (QED) is 0.794. The number of aromatic nitrogens is 1. The molecule has 1 heterocycles. The molecule has 0 aliphatic carbocycles. The van der Waals surface area contributed by atoms with Crippen LogP contribution in [0.15, 0.2) is 58.6 Å². The van der Waals surface area contributed by atoms with E-state index in [9.17, 15) is 13.2 Å². The summed E-state index contributed by atoms with van der Waals surface area (Å²) >= 11 is 0. The zero-order chi connectivity index (χ0) is 13.2. The van der Waals surface area contributed by atoms with E-state index in [1.54, 1.807) is 6.07 Å². The summed E-state index contributed by atoms with van der Waals surface area (Å²) in [6, 6.07) is 8.92. The van der Waals surface area contributed by atoms with Gasteiger partial charge in [-0.1, -0.05) is 12.1 Å². The summed E-state index contributed by atoms with van der Waals surface area (Å²) in [5.74, 6) is -0.0969. The van der Waals surface area contributed by atoms with E-state index in [-0.39, 0.29) is 15.6 Å². The fourth-order valence-corrected chi connectivity index (χ4v) is 2.73. The third-order valence-electron chi connectivity index (χ3n) is 2.52. The van der Waals surface area contributed by atoms with Crippen LogP contribution in [0.25, 0.3) is 0 Å². The standard InChI is InChI=1S/C13H11NO3S/c1-10(15)11-4-6-12(7-5-11)18(16,17)13-3-2-8-14-9-13/h2-9H,1H3. The fraction of sp³-hybridized carbons (Fsp3) is 0.0769. The van der Waals surface area contributed by atoms with Gasteiger partial charge in [0.25, 0.3) is 0 Å². The van der Waals surface area contributed by atoms with Gasteiger partial charge >= 0.3 is 0 Å². The van der Waals surface area contributed by atoms with Crippen LogP contribution in [0.1, 0.15) is 17.3 Å². The van der Waals surface area contributed by atoms with E-state index in [0.717, 1.165) is 0 Å². The highest BCUT2D eigenvalue weighted by Crippen LogP contribution is 2.20. The van der Waals surface area contributed by atoms with Gasteiger partial charge in [-0.2, -0.15) is 0 Å². The lowest BCUT2D eigenvalue weighted by atomic mass is 10.2. The van der Waals surface area contributed by atoms with Crippen molar-refractivity contribution in [3.63, 3.8) is 0 Å². The smallest absolute Gasteiger partial charge is 0.208 e. The second kappa shape index (κ2) is 4.70. The van der Waals surface area contributed by atoms with E-state index in [0.29, 0.717) is 5.56 Å². The van der Waals surface area contributed by atoms with Gasteiger partial charge in [0.2, 0.25) is 9.84 Å². The molecule has 18 heavy (non-hydrogen) atoms. The molecule has 0 atom stereocenters. The van der Waals surface area contributed by atoms with Crippen molar-refractivity contribution in [3.05, 3.63) is 54.4 Å². The topological polar surface area (TPSA) is 64.1 Å². The van der Waals surface area contributed by atoms with Crippen molar-refractivity contribution in [2.24, 2.45) is 0 Å². The number of benzene rings is 1. The Morgan fingerprint density at radius 3 is 2.22 bits per heavy atom. The summed E-state index contributed by atoms with van der Waals surface area (Å²) in [5.41, 5.74) is 0.486. The summed E-state index contributed by atoms with van der Waals surface area (Å²) in [7, 11) is -3.56. The maximum Gasteiger partial charge on any atom is 0.208 e. The lowest BCUT2D eigenvalue weighted by molar-refractivity contribution is 0.101. The van der Waals surface area contributed by atoms with E-state index in [1.165, 1.54) is 49.6 Å². The van der Waals surface area contributed by atoms with Crippen molar-refractivity contribution in [1.82, 2.24) is 4.98 Å². The number of hydrogen-bond acceptors (Lipinski definition) is 4. The second-order valence-corrected chi connectivity index (χ2v) is 5.72. The molecule has 0 amide bonds. The molecule has 1 aromatic carbocycles. The minimum absolute atomic E-state index is 0.0969. The molecule has 2 aromatic rings. The van der Waals surface area contributed by atoms with Gasteiger partial charge in [-0.05, 0) is 31.2 Å². The number of carbonyl (C=O) groups is 1. The van der Waals surface area contributed by atoms with Crippen LogP contribution in [-0.2, 0) is 9.84 Å². The van der Waals surface area contributed by atoms with Gasteiger partial charge in [0, 0.05) is 18.0 Å². The number of carbonyl (C=O) groups excluding carboxylic acids is 1. The average molecular weight is 261 g/mol. The van der Waals surface area contributed by atoms with Crippen molar-refractivity contribution >= 4 is 15.6 Å². The normalized spacial score (nSPS) is 11.2. The van der Waals surface area contributed by atoms with Crippen molar-refractivity contribution in [1.29, 1.82) is 0 Å². The Morgan fingerprint density at radius 2 is 1.72 bits per heavy atom. The van der Waals surface area contributed by atoms with Gasteiger partial charge in [-0.3, -0.25) is 9.78 Å². The molecule has 0 saturated heterocycles. The van der Waals surface area contributed by atoms with E-state index in [2.05, 4.69) is 4.98 Å². The second-order valence-electron chi connectivity index (χ2n) is 3.77. The van der Waals surface area contributed by atoms with Crippen molar-refractivity contribution in [3.8, 4) is 0 Å². The molecule has 0 unspecified atom stereocenters.